The summed E-state index contributed by atoms with van der Waals surface area (Å²) in [7, 11) is 0. The maximum Gasteiger partial charge on any atom is 0.337 e. The average molecular weight is 273 g/mol. The first kappa shape index (κ1) is 13.7. The predicted molar refractivity (Wildman–Crippen MR) is 74.2 cm³/mol. The largest absolute Gasteiger partial charge is 0.466 e. The number of anilines is 1. The molecule has 1 aromatic heterocycles. The maximum atomic E-state index is 11.8. The predicted octanol–water partition coefficient (Wildman–Crippen LogP) is 2.36. The first-order valence-electron chi connectivity index (χ1n) is 6.05. The number of aryl methyl sites for hydroxylation is 2. The third-order valence-corrected chi connectivity index (χ3v) is 2.61. The zero-order chi connectivity index (χ0) is 14.5. The van der Waals surface area contributed by atoms with Crippen molar-refractivity contribution in [2.75, 3.05) is 5.32 Å². The van der Waals surface area contributed by atoms with Crippen LogP contribution in [0.5, 0.6) is 0 Å². The van der Waals surface area contributed by atoms with Gasteiger partial charge in [0, 0.05) is 5.69 Å². The summed E-state index contributed by atoms with van der Waals surface area (Å²) in [6.07, 6.45) is 0. The highest BCUT2D eigenvalue weighted by Crippen LogP contribution is 2.12. The number of hydrogen-bond acceptors (Lipinski definition) is 3. The molecule has 1 heterocycles. The molecular weight excluding hydrogens is 258 g/mol. The molecule has 20 heavy (non-hydrogen) atoms. The standard InChI is InChI=1S/C14H15N3O3/c1-9-8-12(10(2)20-9)13(18)16-17-14(19)15-11-6-4-3-5-7-11/h3-8H,1-2H3,(H,16,18)(H2,15,17,19). The molecule has 3 N–H and O–H groups in total. The van der Waals surface area contributed by atoms with Crippen molar-refractivity contribution in [2.45, 2.75) is 13.8 Å². The number of amides is 3. The van der Waals surface area contributed by atoms with Gasteiger partial charge in [0.25, 0.3) is 5.91 Å². The molecule has 0 bridgehead atoms. The minimum atomic E-state index is -0.526. The Morgan fingerprint density at radius 3 is 2.35 bits per heavy atom. The normalized spacial score (nSPS) is 9.90. The van der Waals surface area contributed by atoms with Gasteiger partial charge in [-0.25, -0.2) is 10.2 Å². The molecule has 0 aliphatic heterocycles. The Balaban J connectivity index is 1.87. The molecule has 2 aromatic rings. The molecule has 0 spiro atoms. The third-order valence-electron chi connectivity index (χ3n) is 2.61. The molecule has 2 rings (SSSR count). The molecule has 0 atom stereocenters. The summed E-state index contributed by atoms with van der Waals surface area (Å²) >= 11 is 0. The SMILES string of the molecule is Cc1cc(C(=O)NNC(=O)Nc2ccccc2)c(C)o1. The smallest absolute Gasteiger partial charge is 0.337 e. The number of nitrogens with one attached hydrogen (secondary N) is 3. The van der Waals surface area contributed by atoms with Gasteiger partial charge in [-0.2, -0.15) is 0 Å². The summed E-state index contributed by atoms with van der Waals surface area (Å²) in [5.74, 6) is 0.717. The van der Waals surface area contributed by atoms with E-state index in [0.29, 0.717) is 22.8 Å². The minimum absolute atomic E-state index is 0.391. The van der Waals surface area contributed by atoms with E-state index < -0.39 is 11.9 Å². The van der Waals surface area contributed by atoms with Crippen LogP contribution in [0.15, 0.2) is 40.8 Å². The van der Waals surface area contributed by atoms with Gasteiger partial charge < -0.3 is 9.73 Å². The second kappa shape index (κ2) is 5.92. The molecule has 0 radical (unpaired) electrons. The molecule has 0 unspecified atom stereocenters. The summed E-state index contributed by atoms with van der Waals surface area (Å²) in [4.78, 5) is 23.4. The lowest BCUT2D eigenvalue weighted by atomic mass is 10.2. The summed E-state index contributed by atoms with van der Waals surface area (Å²) in [5.41, 5.74) is 5.61. The van der Waals surface area contributed by atoms with Crippen molar-refractivity contribution >= 4 is 17.6 Å². The molecule has 0 fully saturated rings. The van der Waals surface area contributed by atoms with Crippen molar-refractivity contribution in [1.82, 2.24) is 10.9 Å². The second-order valence-electron chi connectivity index (χ2n) is 4.23. The molecule has 3 amide bonds. The zero-order valence-electron chi connectivity index (χ0n) is 11.2. The van der Waals surface area contributed by atoms with E-state index in [2.05, 4.69) is 16.2 Å². The fourth-order valence-corrected chi connectivity index (χ4v) is 1.72. The lowest BCUT2D eigenvalue weighted by molar-refractivity contribution is 0.0936. The minimum Gasteiger partial charge on any atom is -0.466 e. The van der Waals surface area contributed by atoms with Gasteiger partial charge in [0.05, 0.1) is 5.56 Å². The molecule has 104 valence electrons. The van der Waals surface area contributed by atoms with Crippen LogP contribution >= 0.6 is 0 Å². The van der Waals surface area contributed by atoms with Crippen molar-refractivity contribution in [2.24, 2.45) is 0 Å². The Morgan fingerprint density at radius 2 is 1.75 bits per heavy atom. The number of benzene rings is 1. The molecule has 6 heteroatoms. The topological polar surface area (TPSA) is 83.4 Å². The lowest BCUT2D eigenvalue weighted by Gasteiger charge is -2.08. The van der Waals surface area contributed by atoms with Crippen LogP contribution < -0.4 is 16.2 Å². The van der Waals surface area contributed by atoms with Gasteiger partial charge in [-0.1, -0.05) is 18.2 Å². The fraction of sp³-hybridized carbons (Fsp3) is 0.143. The molecule has 0 aliphatic carbocycles. The first-order valence-corrected chi connectivity index (χ1v) is 6.05. The van der Waals surface area contributed by atoms with Gasteiger partial charge >= 0.3 is 6.03 Å². The van der Waals surface area contributed by atoms with Crippen LogP contribution in [0, 0.1) is 13.8 Å². The van der Waals surface area contributed by atoms with Gasteiger partial charge in [0.1, 0.15) is 11.5 Å². The van der Waals surface area contributed by atoms with Crippen molar-refractivity contribution in [1.29, 1.82) is 0 Å². The van der Waals surface area contributed by atoms with Crippen LogP contribution in [-0.4, -0.2) is 11.9 Å². The molecule has 6 nitrogen and oxygen atoms in total. The number of hydrazine groups is 1. The van der Waals surface area contributed by atoms with Crippen molar-refractivity contribution < 1.29 is 14.0 Å². The van der Waals surface area contributed by atoms with E-state index in [-0.39, 0.29) is 0 Å². The third kappa shape index (κ3) is 3.38. The van der Waals surface area contributed by atoms with Crippen molar-refractivity contribution in [3.63, 3.8) is 0 Å². The van der Waals surface area contributed by atoms with E-state index in [4.69, 9.17) is 4.42 Å². The Kier molecular flexibility index (Phi) is 4.05. The number of hydrogen-bond donors (Lipinski definition) is 3. The van der Waals surface area contributed by atoms with Gasteiger partial charge in [-0.15, -0.1) is 0 Å². The van der Waals surface area contributed by atoms with Gasteiger partial charge in [-0.3, -0.25) is 10.2 Å². The van der Waals surface area contributed by atoms with Gasteiger partial charge in [-0.05, 0) is 32.0 Å². The van der Waals surface area contributed by atoms with Crippen molar-refractivity contribution in [3.05, 3.63) is 53.5 Å². The molecule has 0 aliphatic rings. The van der Waals surface area contributed by atoms with E-state index in [1.54, 1.807) is 44.2 Å². The first-order chi connectivity index (χ1) is 9.56. The van der Waals surface area contributed by atoms with Crippen LogP contribution in [0.3, 0.4) is 0 Å². The molecule has 0 saturated heterocycles. The number of urea groups is 1. The summed E-state index contributed by atoms with van der Waals surface area (Å²) in [6.45, 7) is 3.44. The van der Waals surface area contributed by atoms with E-state index in [9.17, 15) is 9.59 Å². The summed E-state index contributed by atoms with van der Waals surface area (Å²) < 4.78 is 5.25. The Hall–Kier alpha value is -2.76. The van der Waals surface area contributed by atoms with E-state index in [1.807, 2.05) is 6.07 Å². The van der Waals surface area contributed by atoms with Gasteiger partial charge in [0.2, 0.25) is 0 Å². The monoisotopic (exact) mass is 273 g/mol. The Labute approximate surface area is 116 Å². The van der Waals surface area contributed by atoms with Crippen LogP contribution in [0.1, 0.15) is 21.9 Å². The maximum absolute atomic E-state index is 11.8. The highest BCUT2D eigenvalue weighted by atomic mass is 16.3. The van der Waals surface area contributed by atoms with Crippen molar-refractivity contribution in [3.8, 4) is 0 Å². The second-order valence-corrected chi connectivity index (χ2v) is 4.23. The molecule has 0 saturated carbocycles. The van der Waals surface area contributed by atoms with Crippen LogP contribution in [0.25, 0.3) is 0 Å². The van der Waals surface area contributed by atoms with E-state index in [0.717, 1.165) is 0 Å². The number of carbonyl (C=O) groups is 2. The Morgan fingerprint density at radius 1 is 1.05 bits per heavy atom. The number of carbonyl (C=O) groups excluding carboxylic acids is 2. The quantitative estimate of drug-likeness (QED) is 0.734. The molecular formula is C14H15N3O3. The Bertz CT molecular complexity index is 620. The highest BCUT2D eigenvalue weighted by Gasteiger charge is 2.13. The number of para-hydroxylation sites is 1. The zero-order valence-corrected chi connectivity index (χ0v) is 11.2. The highest BCUT2D eigenvalue weighted by molar-refractivity contribution is 5.97. The van der Waals surface area contributed by atoms with E-state index in [1.165, 1.54) is 0 Å². The summed E-state index contributed by atoms with van der Waals surface area (Å²) in [5, 5.41) is 2.58. The fourth-order valence-electron chi connectivity index (χ4n) is 1.72. The number of furan rings is 1. The lowest BCUT2D eigenvalue weighted by Crippen LogP contribution is -2.43. The van der Waals surface area contributed by atoms with Gasteiger partial charge in [0.15, 0.2) is 0 Å². The molecule has 1 aromatic carbocycles. The summed E-state index contributed by atoms with van der Waals surface area (Å²) in [6, 6.07) is 10.0. The van der Waals surface area contributed by atoms with E-state index >= 15 is 0 Å². The van der Waals surface area contributed by atoms with Crippen LogP contribution in [0.2, 0.25) is 0 Å². The average Bonchev–Trinajstić information content (AvgIpc) is 2.76. The van der Waals surface area contributed by atoms with Crippen LogP contribution in [-0.2, 0) is 0 Å². The number of rotatable bonds is 2. The van der Waals surface area contributed by atoms with Crippen LogP contribution in [0.4, 0.5) is 10.5 Å².